The summed E-state index contributed by atoms with van der Waals surface area (Å²) in [6, 6.07) is 0. The number of carbonyl (C=O) groups excluding carboxylic acids is 1. The molecule has 0 unspecified atom stereocenters. The molecule has 0 radical (unpaired) electrons. The molecule has 7 heteroatoms. The van der Waals surface area contributed by atoms with Gasteiger partial charge in [-0.3, -0.25) is 4.79 Å². The Labute approximate surface area is 164 Å². The molecular formula is C20H28N4O2S. The summed E-state index contributed by atoms with van der Waals surface area (Å²) in [6.45, 7) is 5.34. The Hall–Kier alpha value is -1.73. The number of aromatic nitrogens is 2. The molecule has 4 heterocycles. The van der Waals surface area contributed by atoms with Crippen molar-refractivity contribution in [1.82, 2.24) is 14.9 Å². The number of nitrogens with zero attached hydrogens (tertiary/aromatic N) is 3. The van der Waals surface area contributed by atoms with Crippen molar-refractivity contribution in [2.75, 3.05) is 31.6 Å². The van der Waals surface area contributed by atoms with Crippen LogP contribution in [0.1, 0.15) is 60.2 Å². The third-order valence-corrected chi connectivity index (χ3v) is 6.77. The van der Waals surface area contributed by atoms with Gasteiger partial charge in [0, 0.05) is 26.2 Å². The predicted molar refractivity (Wildman–Crippen MR) is 109 cm³/mol. The van der Waals surface area contributed by atoms with Gasteiger partial charge in [0.15, 0.2) is 0 Å². The third kappa shape index (κ3) is 4.09. The van der Waals surface area contributed by atoms with Gasteiger partial charge in [-0.1, -0.05) is 19.3 Å². The average molecular weight is 389 g/mol. The van der Waals surface area contributed by atoms with Gasteiger partial charge in [0.25, 0.3) is 5.91 Å². The molecule has 2 aliphatic heterocycles. The van der Waals surface area contributed by atoms with Gasteiger partial charge in [-0.15, -0.1) is 11.3 Å². The number of amides is 1. The van der Waals surface area contributed by atoms with Crippen molar-refractivity contribution < 1.29 is 9.53 Å². The fraction of sp³-hybridized carbons (Fsp3) is 0.650. The Bertz CT molecular complexity index is 793. The highest BCUT2D eigenvalue weighted by Crippen LogP contribution is 2.34. The van der Waals surface area contributed by atoms with E-state index in [4.69, 9.17) is 4.74 Å². The molecule has 0 saturated carbocycles. The molecule has 1 atom stereocenters. The first-order valence-electron chi connectivity index (χ1n) is 10.1. The van der Waals surface area contributed by atoms with Crippen molar-refractivity contribution in [3.8, 4) is 0 Å². The molecule has 2 aliphatic rings. The molecule has 1 amide bonds. The second-order valence-electron chi connectivity index (χ2n) is 7.53. The molecule has 2 saturated heterocycles. The fourth-order valence-electron chi connectivity index (χ4n) is 4.02. The van der Waals surface area contributed by atoms with Crippen LogP contribution in [0.25, 0.3) is 10.2 Å². The summed E-state index contributed by atoms with van der Waals surface area (Å²) in [5.74, 6) is 0.971. The van der Waals surface area contributed by atoms with E-state index in [0.717, 1.165) is 78.4 Å². The van der Waals surface area contributed by atoms with Gasteiger partial charge in [-0.2, -0.15) is 0 Å². The van der Waals surface area contributed by atoms with E-state index in [2.05, 4.69) is 15.3 Å². The van der Waals surface area contributed by atoms with Gasteiger partial charge in [0.2, 0.25) is 0 Å². The lowest BCUT2D eigenvalue weighted by Crippen LogP contribution is -2.33. The molecule has 27 heavy (non-hydrogen) atoms. The second kappa shape index (κ2) is 8.52. The maximum absolute atomic E-state index is 13.2. The zero-order chi connectivity index (χ0) is 18.6. The van der Waals surface area contributed by atoms with Crippen LogP contribution >= 0.6 is 11.3 Å². The summed E-state index contributed by atoms with van der Waals surface area (Å²) in [7, 11) is 0. The lowest BCUT2D eigenvalue weighted by molar-refractivity contribution is 0.0746. The van der Waals surface area contributed by atoms with Crippen LogP contribution in [0.5, 0.6) is 0 Å². The summed E-state index contributed by atoms with van der Waals surface area (Å²) in [5, 5.41) is 4.41. The first-order chi connectivity index (χ1) is 13.2. The van der Waals surface area contributed by atoms with E-state index in [9.17, 15) is 4.79 Å². The van der Waals surface area contributed by atoms with Crippen LogP contribution in [0.4, 0.5) is 5.82 Å². The first kappa shape index (κ1) is 18.6. The van der Waals surface area contributed by atoms with Gasteiger partial charge < -0.3 is 15.0 Å². The van der Waals surface area contributed by atoms with Crippen molar-refractivity contribution in [2.24, 2.45) is 0 Å². The third-order valence-electron chi connectivity index (χ3n) is 5.59. The van der Waals surface area contributed by atoms with Crippen molar-refractivity contribution in [1.29, 1.82) is 0 Å². The maximum atomic E-state index is 13.2. The molecule has 2 aromatic heterocycles. The lowest BCUT2D eigenvalue weighted by atomic mass is 10.1. The number of hydrogen-bond donors (Lipinski definition) is 1. The van der Waals surface area contributed by atoms with E-state index >= 15 is 0 Å². The molecule has 0 aliphatic carbocycles. The highest BCUT2D eigenvalue weighted by molar-refractivity contribution is 7.20. The molecule has 6 nitrogen and oxygen atoms in total. The zero-order valence-electron chi connectivity index (χ0n) is 16.0. The number of carbonyl (C=O) groups is 1. The van der Waals surface area contributed by atoms with Crippen LogP contribution in [-0.2, 0) is 4.74 Å². The first-order valence-corrected chi connectivity index (χ1v) is 10.9. The molecule has 146 valence electrons. The van der Waals surface area contributed by atoms with Crippen LogP contribution in [0.3, 0.4) is 0 Å². The van der Waals surface area contributed by atoms with Gasteiger partial charge in [0.05, 0.1) is 16.4 Å². The molecule has 4 rings (SSSR count). The predicted octanol–water partition coefficient (Wildman–Crippen LogP) is 4.00. The molecule has 2 fully saturated rings. The minimum Gasteiger partial charge on any atom is -0.376 e. The van der Waals surface area contributed by atoms with Crippen LogP contribution in [0.15, 0.2) is 6.33 Å². The number of rotatable bonds is 4. The van der Waals surface area contributed by atoms with E-state index < -0.39 is 0 Å². The number of anilines is 1. The molecular weight excluding hydrogens is 360 g/mol. The van der Waals surface area contributed by atoms with Crippen molar-refractivity contribution in [3.63, 3.8) is 0 Å². The molecule has 2 aromatic rings. The Balaban J connectivity index is 1.57. The highest BCUT2D eigenvalue weighted by atomic mass is 32.1. The smallest absolute Gasteiger partial charge is 0.264 e. The van der Waals surface area contributed by atoms with Gasteiger partial charge >= 0.3 is 0 Å². The van der Waals surface area contributed by atoms with Gasteiger partial charge in [0.1, 0.15) is 17.0 Å². The van der Waals surface area contributed by atoms with E-state index in [1.165, 1.54) is 30.6 Å². The minimum atomic E-state index is 0.155. The molecule has 0 bridgehead atoms. The zero-order valence-corrected chi connectivity index (χ0v) is 16.8. The van der Waals surface area contributed by atoms with Crippen molar-refractivity contribution in [3.05, 3.63) is 16.8 Å². The van der Waals surface area contributed by atoms with E-state index in [1.807, 2.05) is 11.8 Å². The quantitative estimate of drug-likeness (QED) is 0.857. The van der Waals surface area contributed by atoms with Crippen molar-refractivity contribution >= 4 is 33.3 Å². The molecule has 1 N–H and O–H groups in total. The van der Waals surface area contributed by atoms with E-state index in [0.29, 0.717) is 0 Å². The highest BCUT2D eigenvalue weighted by Gasteiger charge is 2.24. The average Bonchev–Trinajstić information content (AvgIpc) is 3.28. The van der Waals surface area contributed by atoms with E-state index in [1.54, 1.807) is 6.33 Å². The minimum absolute atomic E-state index is 0.155. The normalized spacial score (nSPS) is 21.2. The monoisotopic (exact) mass is 388 g/mol. The number of nitrogens with one attached hydrogen (secondary N) is 1. The number of thiophene rings is 1. The van der Waals surface area contributed by atoms with Crippen LogP contribution in [-0.4, -0.2) is 53.1 Å². The van der Waals surface area contributed by atoms with Crippen LogP contribution in [0, 0.1) is 6.92 Å². The number of fused-ring (bicyclic) bond motifs is 1. The van der Waals surface area contributed by atoms with Crippen LogP contribution in [0.2, 0.25) is 0 Å². The Morgan fingerprint density at radius 1 is 1.22 bits per heavy atom. The summed E-state index contributed by atoms with van der Waals surface area (Å²) >= 11 is 1.50. The maximum Gasteiger partial charge on any atom is 0.264 e. The topological polar surface area (TPSA) is 67.4 Å². The number of likely N-dealkylation sites (tertiary alicyclic amines) is 1. The number of hydrogen-bond acceptors (Lipinski definition) is 6. The Kier molecular flexibility index (Phi) is 5.88. The largest absolute Gasteiger partial charge is 0.376 e. The lowest BCUT2D eigenvalue weighted by Gasteiger charge is -2.24. The summed E-state index contributed by atoms with van der Waals surface area (Å²) in [5.41, 5.74) is 0.998. The molecule has 0 spiro atoms. The number of ether oxygens (including phenoxy) is 1. The molecule has 0 aromatic carbocycles. The van der Waals surface area contributed by atoms with E-state index in [-0.39, 0.29) is 12.0 Å². The van der Waals surface area contributed by atoms with Crippen molar-refractivity contribution in [2.45, 2.75) is 58.0 Å². The summed E-state index contributed by atoms with van der Waals surface area (Å²) in [6.07, 6.45) is 9.97. The summed E-state index contributed by atoms with van der Waals surface area (Å²) < 4.78 is 5.70. The SMILES string of the molecule is Cc1c(C(=O)N2CCCCCCC2)sc2ncnc(NC[C@@H]3CCCO3)c12. The Morgan fingerprint density at radius 3 is 2.74 bits per heavy atom. The van der Waals surface area contributed by atoms with Crippen LogP contribution < -0.4 is 5.32 Å². The van der Waals surface area contributed by atoms with Gasteiger partial charge in [-0.25, -0.2) is 9.97 Å². The number of aryl methyl sites for hydroxylation is 1. The second-order valence-corrected chi connectivity index (χ2v) is 8.53. The fourth-order valence-corrected chi connectivity index (χ4v) is 5.14. The van der Waals surface area contributed by atoms with Gasteiger partial charge in [-0.05, 0) is 38.2 Å². The Morgan fingerprint density at radius 2 is 2.00 bits per heavy atom. The standard InChI is InChI=1S/C20H28N4O2S/c1-14-16-18(21-12-15-8-7-11-26-15)22-13-23-19(16)27-17(14)20(25)24-9-5-3-2-4-6-10-24/h13,15H,2-12H2,1H3,(H,21,22,23)/t15-/m0/s1. The summed E-state index contributed by atoms with van der Waals surface area (Å²) in [4.78, 5) is 25.8.